The summed E-state index contributed by atoms with van der Waals surface area (Å²) in [4.78, 5) is 11.1. The topological polar surface area (TPSA) is 63.3 Å². The molecule has 1 aliphatic rings. The van der Waals surface area contributed by atoms with Gasteiger partial charge in [0, 0.05) is 6.04 Å². The van der Waals surface area contributed by atoms with Gasteiger partial charge in [-0.25, -0.2) is 0 Å². The third-order valence-electron chi connectivity index (χ3n) is 4.64. The fourth-order valence-corrected chi connectivity index (χ4v) is 3.32. The van der Waals surface area contributed by atoms with Gasteiger partial charge in [-0.05, 0) is 37.0 Å². The van der Waals surface area contributed by atoms with Crippen LogP contribution in [0.25, 0.3) is 0 Å². The quantitative estimate of drug-likeness (QED) is 0.727. The molecule has 0 aliphatic heterocycles. The highest BCUT2D eigenvalue weighted by atomic mass is 16.4. The summed E-state index contributed by atoms with van der Waals surface area (Å²) >= 11 is 0. The van der Waals surface area contributed by atoms with E-state index >= 15 is 0 Å². The summed E-state index contributed by atoms with van der Waals surface area (Å²) in [6, 6.07) is 0.0363. The standard InChI is InChI=1S/C14H27NO2/c1-3-11-6-5-8-14(9-7-11,10-13(16)17)12(15)4-2/h11-12H,3-10,15H2,1-2H3,(H,16,17). The van der Waals surface area contributed by atoms with E-state index in [2.05, 4.69) is 13.8 Å². The molecule has 3 nitrogen and oxygen atoms in total. The molecule has 0 amide bonds. The Kier molecular flexibility index (Phi) is 5.44. The van der Waals surface area contributed by atoms with Crippen molar-refractivity contribution in [2.45, 2.75) is 71.3 Å². The number of nitrogens with two attached hydrogens (primary N) is 1. The molecule has 17 heavy (non-hydrogen) atoms. The van der Waals surface area contributed by atoms with Crippen molar-refractivity contribution < 1.29 is 9.90 Å². The van der Waals surface area contributed by atoms with Crippen LogP contribution in [0.2, 0.25) is 0 Å². The highest BCUT2D eigenvalue weighted by molar-refractivity contribution is 5.67. The summed E-state index contributed by atoms with van der Waals surface area (Å²) in [7, 11) is 0. The van der Waals surface area contributed by atoms with Gasteiger partial charge in [0.1, 0.15) is 0 Å². The molecule has 0 saturated heterocycles. The molecule has 3 unspecified atom stereocenters. The summed E-state index contributed by atoms with van der Waals surface area (Å²) in [5.74, 6) is 0.0820. The lowest BCUT2D eigenvalue weighted by molar-refractivity contribution is -0.140. The van der Waals surface area contributed by atoms with Crippen molar-refractivity contribution in [3.8, 4) is 0 Å². The molecule has 0 aromatic carbocycles. The summed E-state index contributed by atoms with van der Waals surface area (Å²) in [5, 5.41) is 9.13. The van der Waals surface area contributed by atoms with Crippen LogP contribution < -0.4 is 5.73 Å². The number of carboxylic acids is 1. The zero-order chi connectivity index (χ0) is 12.9. The Labute approximate surface area is 105 Å². The Hall–Kier alpha value is -0.570. The number of hydrogen-bond donors (Lipinski definition) is 2. The Morgan fingerprint density at radius 2 is 2.12 bits per heavy atom. The molecule has 1 rings (SSSR count). The molecule has 3 heteroatoms. The van der Waals surface area contributed by atoms with Crippen molar-refractivity contribution in [1.82, 2.24) is 0 Å². The summed E-state index contributed by atoms with van der Waals surface area (Å²) in [5.41, 5.74) is 6.08. The zero-order valence-corrected chi connectivity index (χ0v) is 11.2. The average molecular weight is 241 g/mol. The first-order valence-electron chi connectivity index (χ1n) is 7.01. The molecule has 100 valence electrons. The molecule has 3 N–H and O–H groups in total. The van der Waals surface area contributed by atoms with E-state index in [1.165, 1.54) is 12.8 Å². The predicted octanol–water partition coefficient (Wildman–Crippen LogP) is 3.18. The summed E-state index contributed by atoms with van der Waals surface area (Å²) in [6.07, 6.45) is 7.86. The van der Waals surface area contributed by atoms with Crippen LogP contribution >= 0.6 is 0 Å². The highest BCUT2D eigenvalue weighted by Crippen LogP contribution is 2.43. The number of hydrogen-bond acceptors (Lipinski definition) is 2. The first kappa shape index (κ1) is 14.5. The maximum Gasteiger partial charge on any atom is 0.303 e. The first-order chi connectivity index (χ1) is 8.04. The summed E-state index contributed by atoms with van der Waals surface area (Å²) < 4.78 is 0. The number of carbonyl (C=O) groups is 1. The second-order valence-electron chi connectivity index (χ2n) is 5.65. The molecule has 0 radical (unpaired) electrons. The van der Waals surface area contributed by atoms with Crippen LogP contribution in [0.1, 0.15) is 65.2 Å². The highest BCUT2D eigenvalue weighted by Gasteiger charge is 2.39. The maximum absolute atomic E-state index is 11.1. The average Bonchev–Trinajstić information content (AvgIpc) is 2.50. The summed E-state index contributed by atoms with van der Waals surface area (Å²) in [6.45, 7) is 4.30. The van der Waals surface area contributed by atoms with Gasteiger partial charge in [0.2, 0.25) is 0 Å². The van der Waals surface area contributed by atoms with Gasteiger partial charge in [-0.3, -0.25) is 4.79 Å². The number of carboxylic acid groups (broad SMARTS) is 1. The Morgan fingerprint density at radius 1 is 1.41 bits per heavy atom. The molecular weight excluding hydrogens is 214 g/mol. The van der Waals surface area contributed by atoms with Gasteiger partial charge in [0.05, 0.1) is 6.42 Å². The van der Waals surface area contributed by atoms with E-state index in [-0.39, 0.29) is 17.9 Å². The van der Waals surface area contributed by atoms with Gasteiger partial charge >= 0.3 is 5.97 Å². The molecule has 0 aromatic rings. The number of rotatable bonds is 5. The van der Waals surface area contributed by atoms with Crippen LogP contribution in [0.15, 0.2) is 0 Å². The lowest BCUT2D eigenvalue weighted by atomic mass is 9.70. The molecule has 0 spiro atoms. The number of aliphatic carboxylic acids is 1. The third-order valence-corrected chi connectivity index (χ3v) is 4.64. The van der Waals surface area contributed by atoms with Crippen LogP contribution in [-0.2, 0) is 4.79 Å². The monoisotopic (exact) mass is 241 g/mol. The molecule has 1 saturated carbocycles. The van der Waals surface area contributed by atoms with Crippen LogP contribution in [-0.4, -0.2) is 17.1 Å². The predicted molar refractivity (Wildman–Crippen MR) is 69.8 cm³/mol. The second-order valence-corrected chi connectivity index (χ2v) is 5.65. The van der Waals surface area contributed by atoms with E-state index in [1.807, 2.05) is 0 Å². The van der Waals surface area contributed by atoms with E-state index < -0.39 is 5.97 Å². The van der Waals surface area contributed by atoms with Crippen LogP contribution in [0.4, 0.5) is 0 Å². The Balaban J connectivity index is 2.78. The van der Waals surface area contributed by atoms with E-state index in [0.29, 0.717) is 0 Å². The third kappa shape index (κ3) is 3.70. The van der Waals surface area contributed by atoms with Crippen molar-refractivity contribution in [2.24, 2.45) is 17.1 Å². The van der Waals surface area contributed by atoms with Crippen molar-refractivity contribution in [3.63, 3.8) is 0 Å². The normalized spacial score (nSPS) is 31.8. The fourth-order valence-electron chi connectivity index (χ4n) is 3.32. The second kappa shape index (κ2) is 6.39. The smallest absolute Gasteiger partial charge is 0.303 e. The van der Waals surface area contributed by atoms with Gasteiger partial charge in [-0.15, -0.1) is 0 Å². The lowest BCUT2D eigenvalue weighted by Gasteiger charge is -2.37. The molecular formula is C14H27NO2. The van der Waals surface area contributed by atoms with E-state index in [4.69, 9.17) is 10.8 Å². The Bertz CT molecular complexity index is 255. The van der Waals surface area contributed by atoms with E-state index in [0.717, 1.165) is 38.0 Å². The van der Waals surface area contributed by atoms with Gasteiger partial charge < -0.3 is 10.8 Å². The molecule has 1 fully saturated rings. The van der Waals surface area contributed by atoms with Crippen molar-refractivity contribution >= 4 is 5.97 Å². The van der Waals surface area contributed by atoms with Gasteiger partial charge in [0.15, 0.2) is 0 Å². The first-order valence-corrected chi connectivity index (χ1v) is 7.01. The van der Waals surface area contributed by atoms with Crippen molar-refractivity contribution in [3.05, 3.63) is 0 Å². The minimum Gasteiger partial charge on any atom is -0.481 e. The molecule has 1 aliphatic carbocycles. The minimum absolute atomic E-state index is 0.0363. The van der Waals surface area contributed by atoms with E-state index in [9.17, 15) is 4.79 Å². The van der Waals surface area contributed by atoms with Gasteiger partial charge in [-0.2, -0.15) is 0 Å². The van der Waals surface area contributed by atoms with Crippen molar-refractivity contribution in [1.29, 1.82) is 0 Å². The molecule has 0 heterocycles. The largest absolute Gasteiger partial charge is 0.481 e. The SMILES string of the molecule is CCC1CCCC(CC(=O)O)(C(N)CC)CC1. The van der Waals surface area contributed by atoms with Gasteiger partial charge in [-0.1, -0.05) is 33.1 Å². The van der Waals surface area contributed by atoms with E-state index in [1.54, 1.807) is 0 Å². The van der Waals surface area contributed by atoms with Crippen LogP contribution in [0, 0.1) is 11.3 Å². The van der Waals surface area contributed by atoms with Gasteiger partial charge in [0.25, 0.3) is 0 Å². The zero-order valence-electron chi connectivity index (χ0n) is 11.2. The minimum atomic E-state index is -0.691. The Morgan fingerprint density at radius 3 is 2.65 bits per heavy atom. The molecule has 3 atom stereocenters. The fraction of sp³-hybridized carbons (Fsp3) is 0.929. The van der Waals surface area contributed by atoms with Crippen LogP contribution in [0.3, 0.4) is 0 Å². The van der Waals surface area contributed by atoms with Crippen LogP contribution in [0.5, 0.6) is 0 Å². The molecule has 0 bridgehead atoms. The van der Waals surface area contributed by atoms with Crippen molar-refractivity contribution in [2.75, 3.05) is 0 Å². The lowest BCUT2D eigenvalue weighted by Crippen LogP contribution is -2.42. The molecule has 0 aromatic heterocycles. The maximum atomic E-state index is 11.1.